The second kappa shape index (κ2) is 8.44. The topological polar surface area (TPSA) is 85.2 Å². The van der Waals surface area contributed by atoms with E-state index in [4.69, 9.17) is 9.72 Å². The Morgan fingerprint density at radius 2 is 2.06 bits per heavy atom. The molecule has 11 heteroatoms. The molecule has 5 rings (SSSR count). The maximum absolute atomic E-state index is 12.6. The Hall–Kier alpha value is -2.95. The molecule has 0 aromatic carbocycles. The van der Waals surface area contributed by atoms with Gasteiger partial charge in [0.1, 0.15) is 0 Å². The van der Waals surface area contributed by atoms with Crippen LogP contribution in [0.5, 0.6) is 0 Å². The lowest BCUT2D eigenvalue weighted by Gasteiger charge is -2.34. The largest absolute Gasteiger partial charge is 0.389 e. The standard InChI is InChI=1S/C22H25F3N6O2/c1-13-8-26-21(28-15-9-27-30(10-15)18-11-33-12-18)29-20(13)14-6-16-2-3-17(7-14)31(16)19(32)4-5-22(23,24)25/h6,8-10,16-18H,2-5,7,11-12H2,1H3,(H,26,28,29). The second-order valence-corrected chi connectivity index (χ2v) is 8.86. The Kier molecular flexibility index (Phi) is 5.59. The number of ether oxygens (including phenoxy) is 1. The molecule has 2 aromatic heterocycles. The molecule has 2 fully saturated rings. The molecule has 8 nitrogen and oxygen atoms in total. The monoisotopic (exact) mass is 462 g/mol. The second-order valence-electron chi connectivity index (χ2n) is 8.86. The smallest absolute Gasteiger partial charge is 0.377 e. The van der Waals surface area contributed by atoms with Gasteiger partial charge in [0.05, 0.1) is 49.3 Å². The molecule has 2 atom stereocenters. The van der Waals surface area contributed by atoms with Crippen LogP contribution < -0.4 is 5.32 Å². The van der Waals surface area contributed by atoms with Crippen molar-refractivity contribution in [2.24, 2.45) is 0 Å². The first-order chi connectivity index (χ1) is 15.8. The maximum atomic E-state index is 12.6. The molecule has 5 heterocycles. The summed E-state index contributed by atoms with van der Waals surface area (Å²) in [5.41, 5.74) is 3.49. The number of nitrogens with zero attached hydrogens (tertiary/aromatic N) is 5. The molecule has 3 aliphatic rings. The van der Waals surface area contributed by atoms with Crippen LogP contribution in [-0.2, 0) is 9.53 Å². The zero-order valence-electron chi connectivity index (χ0n) is 18.2. The number of carbonyl (C=O) groups excluding carboxylic acids is 1. The molecular weight excluding hydrogens is 437 g/mol. The van der Waals surface area contributed by atoms with Crippen molar-refractivity contribution in [3.05, 3.63) is 35.9 Å². The van der Waals surface area contributed by atoms with Gasteiger partial charge in [-0.3, -0.25) is 9.48 Å². The summed E-state index contributed by atoms with van der Waals surface area (Å²) in [7, 11) is 0. The summed E-state index contributed by atoms with van der Waals surface area (Å²) >= 11 is 0. The fraction of sp³-hybridized carbons (Fsp3) is 0.545. The van der Waals surface area contributed by atoms with Crippen LogP contribution in [0.2, 0.25) is 0 Å². The lowest BCUT2D eigenvalue weighted by molar-refractivity contribution is -0.150. The van der Waals surface area contributed by atoms with Gasteiger partial charge >= 0.3 is 6.18 Å². The van der Waals surface area contributed by atoms with Crippen LogP contribution in [0, 0.1) is 6.92 Å². The first kappa shape index (κ1) is 21.9. The van der Waals surface area contributed by atoms with E-state index in [-0.39, 0.29) is 18.1 Å². The van der Waals surface area contributed by atoms with Gasteiger partial charge < -0.3 is 15.0 Å². The minimum Gasteiger partial charge on any atom is -0.377 e. The van der Waals surface area contributed by atoms with Gasteiger partial charge in [0.15, 0.2) is 0 Å². The fourth-order valence-electron chi connectivity index (χ4n) is 4.71. The Balaban J connectivity index is 1.31. The van der Waals surface area contributed by atoms with Crippen molar-refractivity contribution in [1.29, 1.82) is 0 Å². The Morgan fingerprint density at radius 3 is 2.76 bits per heavy atom. The molecule has 2 unspecified atom stereocenters. The van der Waals surface area contributed by atoms with Crippen LogP contribution >= 0.6 is 0 Å². The van der Waals surface area contributed by atoms with E-state index in [0.717, 1.165) is 35.4 Å². The maximum Gasteiger partial charge on any atom is 0.389 e. The number of aromatic nitrogens is 4. The van der Waals surface area contributed by atoms with E-state index >= 15 is 0 Å². The van der Waals surface area contributed by atoms with Crippen molar-refractivity contribution in [3.8, 4) is 0 Å². The molecule has 3 aliphatic heterocycles. The summed E-state index contributed by atoms with van der Waals surface area (Å²) in [5, 5.41) is 7.53. The van der Waals surface area contributed by atoms with Crippen molar-refractivity contribution in [2.75, 3.05) is 18.5 Å². The Morgan fingerprint density at radius 1 is 1.24 bits per heavy atom. The normalized spacial score (nSPS) is 22.8. The first-order valence-corrected chi connectivity index (χ1v) is 11.1. The Labute approximate surface area is 188 Å². The lowest BCUT2D eigenvalue weighted by atomic mass is 9.96. The van der Waals surface area contributed by atoms with Crippen molar-refractivity contribution >= 4 is 23.1 Å². The number of alkyl halides is 3. The third kappa shape index (κ3) is 4.59. The molecule has 176 valence electrons. The average molecular weight is 462 g/mol. The van der Waals surface area contributed by atoms with Crippen LogP contribution in [-0.4, -0.2) is 62.0 Å². The van der Waals surface area contributed by atoms with Crippen molar-refractivity contribution in [2.45, 2.75) is 63.3 Å². The van der Waals surface area contributed by atoms with Crippen LogP contribution in [0.3, 0.4) is 0 Å². The number of anilines is 2. The number of hydrogen-bond acceptors (Lipinski definition) is 6. The van der Waals surface area contributed by atoms with Gasteiger partial charge in [-0.05, 0) is 37.3 Å². The average Bonchev–Trinajstić information content (AvgIpc) is 3.27. The van der Waals surface area contributed by atoms with E-state index in [9.17, 15) is 18.0 Å². The quantitative estimate of drug-likeness (QED) is 0.703. The summed E-state index contributed by atoms with van der Waals surface area (Å²) in [6.45, 7) is 3.23. The van der Waals surface area contributed by atoms with Gasteiger partial charge in [-0.1, -0.05) is 6.08 Å². The predicted molar refractivity (Wildman–Crippen MR) is 114 cm³/mol. The van der Waals surface area contributed by atoms with E-state index in [1.807, 2.05) is 23.9 Å². The highest BCUT2D eigenvalue weighted by molar-refractivity contribution is 5.80. The predicted octanol–water partition coefficient (Wildman–Crippen LogP) is 3.79. The SMILES string of the molecule is Cc1cnc(Nc2cnn(C3COC3)c2)nc1C1=CC2CCC(C1)N2C(=O)CCC(F)(F)F. The van der Waals surface area contributed by atoms with Crippen LogP contribution in [0.4, 0.5) is 24.8 Å². The number of aryl methyl sites for hydroxylation is 1. The molecule has 2 bridgehead atoms. The molecule has 0 radical (unpaired) electrons. The third-order valence-electron chi connectivity index (χ3n) is 6.43. The minimum atomic E-state index is -4.32. The minimum absolute atomic E-state index is 0.0931. The van der Waals surface area contributed by atoms with Crippen LogP contribution in [0.15, 0.2) is 24.7 Å². The van der Waals surface area contributed by atoms with E-state index in [2.05, 4.69) is 15.4 Å². The van der Waals surface area contributed by atoms with Gasteiger partial charge in [-0.2, -0.15) is 18.3 Å². The highest BCUT2D eigenvalue weighted by atomic mass is 19.4. The number of amides is 1. The molecule has 2 saturated heterocycles. The van der Waals surface area contributed by atoms with Crippen LogP contribution in [0.1, 0.15) is 49.4 Å². The van der Waals surface area contributed by atoms with Gasteiger partial charge in [-0.25, -0.2) is 9.97 Å². The summed E-state index contributed by atoms with van der Waals surface area (Å²) in [4.78, 5) is 23.2. The first-order valence-electron chi connectivity index (χ1n) is 11.1. The molecule has 0 spiro atoms. The zero-order valence-corrected chi connectivity index (χ0v) is 18.2. The number of rotatable bonds is 6. The van der Waals surface area contributed by atoms with Gasteiger partial charge in [0.2, 0.25) is 11.9 Å². The van der Waals surface area contributed by atoms with E-state index in [0.29, 0.717) is 25.6 Å². The van der Waals surface area contributed by atoms with E-state index in [1.165, 1.54) is 0 Å². The number of hydrogen-bond donors (Lipinski definition) is 1. The summed E-state index contributed by atoms with van der Waals surface area (Å²) in [6.07, 6.45) is 3.55. The molecule has 1 N–H and O–H groups in total. The van der Waals surface area contributed by atoms with Crippen molar-refractivity contribution < 1.29 is 22.7 Å². The van der Waals surface area contributed by atoms with Gasteiger partial charge in [0, 0.05) is 24.9 Å². The van der Waals surface area contributed by atoms with Gasteiger partial charge in [0.25, 0.3) is 0 Å². The molecule has 33 heavy (non-hydrogen) atoms. The van der Waals surface area contributed by atoms with E-state index < -0.39 is 24.9 Å². The lowest BCUT2D eigenvalue weighted by Crippen LogP contribution is -2.43. The van der Waals surface area contributed by atoms with Crippen molar-refractivity contribution in [3.63, 3.8) is 0 Å². The fourth-order valence-corrected chi connectivity index (χ4v) is 4.71. The summed E-state index contributed by atoms with van der Waals surface area (Å²) < 4.78 is 44.7. The van der Waals surface area contributed by atoms with Crippen LogP contribution in [0.25, 0.3) is 5.57 Å². The van der Waals surface area contributed by atoms with Crippen molar-refractivity contribution in [1.82, 2.24) is 24.6 Å². The van der Waals surface area contributed by atoms with E-state index in [1.54, 1.807) is 17.3 Å². The highest BCUT2D eigenvalue weighted by Gasteiger charge is 2.41. The molecule has 0 aliphatic carbocycles. The Bertz CT molecular complexity index is 1080. The number of fused-ring (bicyclic) bond motifs is 2. The molecule has 1 amide bonds. The zero-order chi connectivity index (χ0) is 23.2. The molecule has 2 aromatic rings. The van der Waals surface area contributed by atoms with Gasteiger partial charge in [-0.15, -0.1) is 0 Å². The highest BCUT2D eigenvalue weighted by Crippen LogP contribution is 2.40. The third-order valence-corrected chi connectivity index (χ3v) is 6.43. The number of nitrogens with one attached hydrogen (secondary N) is 1. The molecule has 0 saturated carbocycles. The summed E-state index contributed by atoms with van der Waals surface area (Å²) in [5.74, 6) is 0.0164. The number of halogens is 3. The number of carbonyl (C=O) groups is 1. The summed E-state index contributed by atoms with van der Waals surface area (Å²) in [6, 6.07) is -0.0303. The molecular formula is C22H25F3N6O2.